The van der Waals surface area contributed by atoms with Crippen LogP contribution in [0.3, 0.4) is 0 Å². The topological polar surface area (TPSA) is 60.4 Å². The molecule has 0 saturated heterocycles. The molecule has 0 aromatic heterocycles. The molecule has 0 aliphatic heterocycles. The van der Waals surface area contributed by atoms with Crippen molar-refractivity contribution in [3.63, 3.8) is 0 Å². The van der Waals surface area contributed by atoms with Crippen LogP contribution in [0.1, 0.15) is 49.5 Å². The van der Waals surface area contributed by atoms with Crippen LogP contribution in [0.15, 0.2) is 23.1 Å². The minimum atomic E-state index is -3.88. The van der Waals surface area contributed by atoms with E-state index >= 15 is 0 Å². The third kappa shape index (κ3) is 4.49. The number of esters is 1. The van der Waals surface area contributed by atoms with Crippen molar-refractivity contribution in [3.05, 3.63) is 29.3 Å². The van der Waals surface area contributed by atoms with Gasteiger partial charge in [-0.3, -0.25) is 0 Å². The van der Waals surface area contributed by atoms with Crippen LogP contribution in [0, 0.1) is 0 Å². The number of carbonyl (C=O) groups is 1. The van der Waals surface area contributed by atoms with Gasteiger partial charge in [0.15, 0.2) is 0 Å². The van der Waals surface area contributed by atoms with Crippen LogP contribution >= 0.6 is 10.7 Å². The summed E-state index contributed by atoms with van der Waals surface area (Å²) in [5.74, 6) is -0.532. The van der Waals surface area contributed by atoms with Crippen LogP contribution in [-0.2, 0) is 20.2 Å². The molecule has 0 spiro atoms. The number of rotatable bonds is 6. The average molecular weight is 319 g/mol. The molecular formula is C14H19ClO4S. The highest BCUT2D eigenvalue weighted by Gasteiger charge is 2.19. The number of ether oxygens (including phenoxy) is 1. The van der Waals surface area contributed by atoms with Gasteiger partial charge >= 0.3 is 5.97 Å². The number of hydrogen-bond acceptors (Lipinski definition) is 4. The zero-order valence-corrected chi connectivity index (χ0v) is 13.4. The molecule has 0 N–H and O–H groups in total. The van der Waals surface area contributed by atoms with Gasteiger partial charge in [0.2, 0.25) is 0 Å². The lowest BCUT2D eigenvalue weighted by Crippen LogP contribution is -2.15. The summed E-state index contributed by atoms with van der Waals surface area (Å²) >= 11 is 0. The molecule has 112 valence electrons. The van der Waals surface area contributed by atoms with E-state index in [1.807, 2.05) is 13.8 Å². The standard InChI is InChI=1S/C14H19ClO4S/c1-4-6-10(3)19-14(16)12-8-7-11(5-2)13(9-12)20(15,17)18/h7-10H,4-6H2,1-3H3. The van der Waals surface area contributed by atoms with Crippen molar-refractivity contribution in [2.24, 2.45) is 0 Å². The van der Waals surface area contributed by atoms with E-state index in [4.69, 9.17) is 15.4 Å². The van der Waals surface area contributed by atoms with E-state index in [1.165, 1.54) is 6.07 Å². The summed E-state index contributed by atoms with van der Waals surface area (Å²) < 4.78 is 28.3. The van der Waals surface area contributed by atoms with Gasteiger partial charge in [0.25, 0.3) is 9.05 Å². The van der Waals surface area contributed by atoms with E-state index < -0.39 is 15.0 Å². The van der Waals surface area contributed by atoms with Gasteiger partial charge in [-0.1, -0.05) is 26.3 Å². The molecule has 0 amide bonds. The summed E-state index contributed by atoms with van der Waals surface area (Å²) in [6.07, 6.45) is 1.99. The van der Waals surface area contributed by atoms with Crippen molar-refractivity contribution in [2.75, 3.05) is 0 Å². The normalized spacial score (nSPS) is 13.0. The van der Waals surface area contributed by atoms with Gasteiger partial charge in [-0.05, 0) is 37.5 Å². The van der Waals surface area contributed by atoms with E-state index in [-0.39, 0.29) is 16.6 Å². The largest absolute Gasteiger partial charge is 0.459 e. The van der Waals surface area contributed by atoms with E-state index in [9.17, 15) is 13.2 Å². The Morgan fingerprint density at radius 1 is 1.35 bits per heavy atom. The highest BCUT2D eigenvalue weighted by Crippen LogP contribution is 2.23. The molecule has 0 heterocycles. The molecule has 1 aromatic carbocycles. The van der Waals surface area contributed by atoms with Crippen LogP contribution in [0.2, 0.25) is 0 Å². The van der Waals surface area contributed by atoms with E-state index in [0.717, 1.165) is 12.8 Å². The average Bonchev–Trinajstić information content (AvgIpc) is 2.37. The summed E-state index contributed by atoms with van der Waals surface area (Å²) in [6.45, 7) is 5.63. The maximum absolute atomic E-state index is 11.9. The lowest BCUT2D eigenvalue weighted by atomic mass is 10.1. The zero-order chi connectivity index (χ0) is 15.3. The predicted molar refractivity (Wildman–Crippen MR) is 78.6 cm³/mol. The van der Waals surface area contributed by atoms with Gasteiger partial charge in [-0.25, -0.2) is 13.2 Å². The van der Waals surface area contributed by atoms with Crippen molar-refractivity contribution in [3.8, 4) is 0 Å². The monoisotopic (exact) mass is 318 g/mol. The Kier molecular flexibility index (Phi) is 6.02. The first-order valence-corrected chi connectivity index (χ1v) is 8.89. The summed E-state index contributed by atoms with van der Waals surface area (Å²) in [6, 6.07) is 4.43. The van der Waals surface area contributed by atoms with Crippen LogP contribution in [0.4, 0.5) is 0 Å². The van der Waals surface area contributed by atoms with Gasteiger partial charge in [-0.15, -0.1) is 0 Å². The first-order chi connectivity index (χ1) is 9.29. The van der Waals surface area contributed by atoms with Crippen LogP contribution in [-0.4, -0.2) is 20.5 Å². The molecule has 0 radical (unpaired) electrons. The highest BCUT2D eigenvalue weighted by atomic mass is 35.7. The number of aryl methyl sites for hydroxylation is 1. The second kappa shape index (κ2) is 7.09. The molecule has 1 unspecified atom stereocenters. The molecule has 1 aromatic rings. The molecule has 20 heavy (non-hydrogen) atoms. The maximum atomic E-state index is 11.9. The SMILES string of the molecule is CCCC(C)OC(=O)c1ccc(CC)c(S(=O)(=O)Cl)c1. The molecule has 0 saturated carbocycles. The Hall–Kier alpha value is -1.07. The number of carbonyl (C=O) groups excluding carboxylic acids is 1. The minimum absolute atomic E-state index is 0.0285. The first kappa shape index (κ1) is 17.0. The summed E-state index contributed by atoms with van der Waals surface area (Å²) in [5.41, 5.74) is 0.780. The maximum Gasteiger partial charge on any atom is 0.338 e. The van der Waals surface area contributed by atoms with Gasteiger partial charge in [0, 0.05) is 10.7 Å². The lowest BCUT2D eigenvalue weighted by Gasteiger charge is -2.13. The van der Waals surface area contributed by atoms with Crippen LogP contribution < -0.4 is 0 Å². The van der Waals surface area contributed by atoms with Crippen LogP contribution in [0.25, 0.3) is 0 Å². The van der Waals surface area contributed by atoms with Crippen LogP contribution in [0.5, 0.6) is 0 Å². The van der Waals surface area contributed by atoms with Crippen molar-refractivity contribution < 1.29 is 17.9 Å². The van der Waals surface area contributed by atoms with Gasteiger partial charge < -0.3 is 4.74 Å². The van der Waals surface area contributed by atoms with E-state index in [1.54, 1.807) is 19.1 Å². The smallest absolute Gasteiger partial charge is 0.338 e. The summed E-state index contributed by atoms with van der Waals surface area (Å²) in [5, 5.41) is 0. The molecule has 0 aliphatic rings. The Morgan fingerprint density at radius 3 is 2.50 bits per heavy atom. The first-order valence-electron chi connectivity index (χ1n) is 6.58. The molecule has 1 atom stereocenters. The second-order valence-corrected chi connectivity index (χ2v) is 7.15. The van der Waals surface area contributed by atoms with Gasteiger partial charge in [0.1, 0.15) is 0 Å². The summed E-state index contributed by atoms with van der Waals surface area (Å²) in [7, 11) is 1.52. The highest BCUT2D eigenvalue weighted by molar-refractivity contribution is 8.13. The Morgan fingerprint density at radius 2 is 2.00 bits per heavy atom. The Bertz CT molecular complexity index is 581. The Labute approximate surface area is 124 Å². The Balaban J connectivity index is 3.06. The van der Waals surface area contributed by atoms with Gasteiger partial charge in [-0.2, -0.15) is 0 Å². The lowest BCUT2D eigenvalue weighted by molar-refractivity contribution is 0.0323. The van der Waals surface area contributed by atoms with Crippen molar-refractivity contribution in [1.82, 2.24) is 0 Å². The van der Waals surface area contributed by atoms with Crippen molar-refractivity contribution in [2.45, 2.75) is 51.0 Å². The third-order valence-electron chi connectivity index (χ3n) is 2.95. The molecule has 6 heteroatoms. The number of halogens is 1. The fraction of sp³-hybridized carbons (Fsp3) is 0.500. The fourth-order valence-electron chi connectivity index (χ4n) is 1.92. The van der Waals surface area contributed by atoms with E-state index in [0.29, 0.717) is 12.0 Å². The summed E-state index contributed by atoms with van der Waals surface area (Å²) in [4.78, 5) is 11.9. The third-order valence-corrected chi connectivity index (χ3v) is 4.35. The predicted octanol–water partition coefficient (Wildman–Crippen LogP) is 3.52. The van der Waals surface area contributed by atoms with Crippen molar-refractivity contribution >= 4 is 25.7 Å². The molecule has 1 rings (SSSR count). The minimum Gasteiger partial charge on any atom is -0.459 e. The fourth-order valence-corrected chi connectivity index (χ4v) is 3.14. The molecule has 0 aliphatic carbocycles. The molecular weight excluding hydrogens is 300 g/mol. The number of hydrogen-bond donors (Lipinski definition) is 0. The van der Waals surface area contributed by atoms with Crippen molar-refractivity contribution in [1.29, 1.82) is 0 Å². The van der Waals surface area contributed by atoms with Gasteiger partial charge in [0.05, 0.1) is 16.6 Å². The van der Waals surface area contributed by atoms with E-state index in [2.05, 4.69) is 0 Å². The number of benzene rings is 1. The zero-order valence-electron chi connectivity index (χ0n) is 11.8. The molecule has 4 nitrogen and oxygen atoms in total. The molecule has 0 bridgehead atoms. The quantitative estimate of drug-likeness (QED) is 0.594. The molecule has 0 fully saturated rings. The second-order valence-electron chi connectivity index (χ2n) is 4.62.